The van der Waals surface area contributed by atoms with Crippen LogP contribution >= 0.6 is 0 Å². The van der Waals surface area contributed by atoms with Gasteiger partial charge in [-0.15, -0.1) is 0 Å². The molecule has 2 rings (SSSR count). The summed E-state index contributed by atoms with van der Waals surface area (Å²) in [5.74, 6) is -0.846. The van der Waals surface area contributed by atoms with Gasteiger partial charge in [0.05, 0.1) is 24.5 Å². The summed E-state index contributed by atoms with van der Waals surface area (Å²) < 4.78 is 24.2. The van der Waals surface area contributed by atoms with Crippen LogP contribution in [0.1, 0.15) is 6.92 Å². The Bertz CT molecular complexity index is 456. The van der Waals surface area contributed by atoms with E-state index in [4.69, 9.17) is 9.47 Å². The van der Waals surface area contributed by atoms with Crippen molar-refractivity contribution in [2.45, 2.75) is 19.1 Å². The molecule has 0 radical (unpaired) electrons. The Morgan fingerprint density at radius 1 is 1.50 bits per heavy atom. The second kappa shape index (κ2) is 7.33. The molecule has 1 aliphatic rings. The van der Waals surface area contributed by atoms with E-state index in [9.17, 15) is 9.18 Å². The molecule has 1 fully saturated rings. The van der Waals surface area contributed by atoms with Crippen LogP contribution in [0.4, 0.5) is 10.1 Å². The molecule has 2 unspecified atom stereocenters. The quantitative estimate of drug-likeness (QED) is 0.851. The predicted molar refractivity (Wildman–Crippen MR) is 73.1 cm³/mol. The lowest BCUT2D eigenvalue weighted by Gasteiger charge is -2.28. The number of halogens is 1. The molecule has 0 spiro atoms. The zero-order valence-corrected chi connectivity index (χ0v) is 11.4. The second-order valence-corrected chi connectivity index (χ2v) is 4.77. The molecule has 0 aliphatic carbocycles. The fraction of sp³-hybridized carbons (Fsp3) is 0.500. The Kier molecular flexibility index (Phi) is 5.46. The van der Waals surface area contributed by atoms with E-state index in [0.717, 1.165) is 6.54 Å². The number of morpholine rings is 1. The molecule has 1 aliphatic heterocycles. The highest BCUT2D eigenvalue weighted by Crippen LogP contribution is 2.12. The summed E-state index contributed by atoms with van der Waals surface area (Å²) in [5.41, 5.74) is 0.158. The molecule has 5 nitrogen and oxygen atoms in total. The lowest BCUT2D eigenvalue weighted by Crippen LogP contribution is -2.45. The first-order valence-electron chi connectivity index (χ1n) is 6.63. The van der Waals surface area contributed by atoms with Crippen LogP contribution in [0, 0.1) is 5.82 Å². The normalized spacial score (nSPS) is 22.5. The van der Waals surface area contributed by atoms with E-state index in [1.807, 2.05) is 6.92 Å². The van der Waals surface area contributed by atoms with Gasteiger partial charge in [-0.05, 0) is 19.1 Å². The van der Waals surface area contributed by atoms with E-state index in [0.29, 0.717) is 13.2 Å². The number of anilines is 1. The maximum absolute atomic E-state index is 13.3. The standard InChI is InChI=1S/C14H19FN2O3/c1-10-6-16-7-11(20-10)8-19-9-14(18)17-13-5-3-2-4-12(13)15/h2-5,10-11,16H,6-9H2,1H3,(H,17,18). The Morgan fingerprint density at radius 3 is 3.05 bits per heavy atom. The summed E-state index contributed by atoms with van der Waals surface area (Å²) in [5, 5.41) is 5.68. The summed E-state index contributed by atoms with van der Waals surface area (Å²) in [4.78, 5) is 11.6. The van der Waals surface area contributed by atoms with E-state index >= 15 is 0 Å². The molecule has 0 saturated carbocycles. The first kappa shape index (κ1) is 14.9. The van der Waals surface area contributed by atoms with Crippen molar-refractivity contribution in [2.75, 3.05) is 31.6 Å². The molecule has 1 amide bonds. The van der Waals surface area contributed by atoms with E-state index in [-0.39, 0.29) is 30.4 Å². The minimum Gasteiger partial charge on any atom is -0.370 e. The SMILES string of the molecule is CC1CNCC(COCC(=O)Nc2ccccc2F)O1. The zero-order valence-electron chi connectivity index (χ0n) is 11.4. The van der Waals surface area contributed by atoms with Gasteiger partial charge >= 0.3 is 0 Å². The number of nitrogens with one attached hydrogen (secondary N) is 2. The van der Waals surface area contributed by atoms with E-state index in [1.165, 1.54) is 12.1 Å². The largest absolute Gasteiger partial charge is 0.370 e. The summed E-state index contributed by atoms with van der Waals surface area (Å²) >= 11 is 0. The maximum atomic E-state index is 13.3. The summed E-state index contributed by atoms with van der Waals surface area (Å²) in [7, 11) is 0. The smallest absolute Gasteiger partial charge is 0.250 e. The molecular weight excluding hydrogens is 263 g/mol. The van der Waals surface area contributed by atoms with Gasteiger partial charge in [0.15, 0.2) is 0 Å². The van der Waals surface area contributed by atoms with Crippen molar-refractivity contribution in [3.05, 3.63) is 30.1 Å². The van der Waals surface area contributed by atoms with E-state index < -0.39 is 5.82 Å². The maximum Gasteiger partial charge on any atom is 0.250 e. The highest BCUT2D eigenvalue weighted by molar-refractivity contribution is 5.91. The number of ether oxygens (including phenoxy) is 2. The van der Waals surface area contributed by atoms with Crippen molar-refractivity contribution in [1.29, 1.82) is 0 Å². The summed E-state index contributed by atoms with van der Waals surface area (Å²) in [6.45, 7) is 3.72. The molecule has 0 aromatic heterocycles. The number of carbonyl (C=O) groups excluding carboxylic acids is 1. The third-order valence-electron chi connectivity index (χ3n) is 2.91. The number of para-hydroxylation sites is 1. The first-order chi connectivity index (χ1) is 9.65. The molecule has 110 valence electrons. The number of hydrogen-bond acceptors (Lipinski definition) is 4. The van der Waals surface area contributed by atoms with Gasteiger partial charge in [-0.3, -0.25) is 4.79 Å². The van der Waals surface area contributed by atoms with Gasteiger partial charge in [-0.1, -0.05) is 12.1 Å². The number of hydrogen-bond donors (Lipinski definition) is 2. The Hall–Kier alpha value is -1.50. The number of carbonyl (C=O) groups is 1. The fourth-order valence-corrected chi connectivity index (χ4v) is 2.00. The molecule has 1 saturated heterocycles. The fourth-order valence-electron chi connectivity index (χ4n) is 2.00. The van der Waals surface area contributed by atoms with Crippen LogP contribution in [-0.4, -0.2) is 44.4 Å². The minimum absolute atomic E-state index is 0.0555. The van der Waals surface area contributed by atoms with Crippen molar-refractivity contribution >= 4 is 11.6 Å². The van der Waals surface area contributed by atoms with Crippen molar-refractivity contribution in [3.63, 3.8) is 0 Å². The first-order valence-corrected chi connectivity index (χ1v) is 6.63. The molecular formula is C14H19FN2O3. The molecule has 2 N–H and O–H groups in total. The highest BCUT2D eigenvalue weighted by Gasteiger charge is 2.19. The highest BCUT2D eigenvalue weighted by atomic mass is 19.1. The van der Waals surface area contributed by atoms with Crippen molar-refractivity contribution in [3.8, 4) is 0 Å². The molecule has 2 atom stereocenters. The van der Waals surface area contributed by atoms with Crippen molar-refractivity contribution in [2.24, 2.45) is 0 Å². The Balaban J connectivity index is 1.69. The van der Waals surface area contributed by atoms with E-state index in [1.54, 1.807) is 12.1 Å². The van der Waals surface area contributed by atoms with Gasteiger partial charge in [-0.2, -0.15) is 0 Å². The third-order valence-corrected chi connectivity index (χ3v) is 2.91. The molecule has 6 heteroatoms. The zero-order chi connectivity index (χ0) is 14.4. The second-order valence-electron chi connectivity index (χ2n) is 4.77. The summed E-state index contributed by atoms with van der Waals surface area (Å²) in [6.07, 6.45) is 0.0876. The number of benzene rings is 1. The van der Waals surface area contributed by atoms with Crippen LogP contribution in [0.5, 0.6) is 0 Å². The van der Waals surface area contributed by atoms with Crippen LogP contribution in [0.15, 0.2) is 24.3 Å². The van der Waals surface area contributed by atoms with Gasteiger partial charge in [0.25, 0.3) is 0 Å². The van der Waals surface area contributed by atoms with Crippen LogP contribution in [0.2, 0.25) is 0 Å². The van der Waals surface area contributed by atoms with Gasteiger partial charge in [0.2, 0.25) is 5.91 Å². The molecule has 0 bridgehead atoms. The lowest BCUT2D eigenvalue weighted by atomic mass is 10.2. The molecule has 1 heterocycles. The van der Waals surface area contributed by atoms with Gasteiger partial charge in [0, 0.05) is 13.1 Å². The third kappa shape index (κ3) is 4.56. The van der Waals surface area contributed by atoms with Crippen LogP contribution in [0.25, 0.3) is 0 Å². The number of amides is 1. The summed E-state index contributed by atoms with van der Waals surface area (Å²) in [6, 6.07) is 6.01. The monoisotopic (exact) mass is 282 g/mol. The van der Waals surface area contributed by atoms with E-state index in [2.05, 4.69) is 10.6 Å². The van der Waals surface area contributed by atoms with Crippen molar-refractivity contribution in [1.82, 2.24) is 5.32 Å². The Morgan fingerprint density at radius 2 is 2.30 bits per heavy atom. The average molecular weight is 282 g/mol. The van der Waals surface area contributed by atoms with Gasteiger partial charge < -0.3 is 20.1 Å². The average Bonchev–Trinajstić information content (AvgIpc) is 2.41. The molecule has 1 aromatic rings. The Labute approximate surface area is 117 Å². The van der Waals surface area contributed by atoms with Crippen LogP contribution in [-0.2, 0) is 14.3 Å². The van der Waals surface area contributed by atoms with Crippen molar-refractivity contribution < 1.29 is 18.7 Å². The molecule has 1 aromatic carbocycles. The van der Waals surface area contributed by atoms with Gasteiger partial charge in [0.1, 0.15) is 12.4 Å². The minimum atomic E-state index is -0.463. The van der Waals surface area contributed by atoms with Crippen LogP contribution < -0.4 is 10.6 Å². The molecule has 20 heavy (non-hydrogen) atoms. The predicted octanol–water partition coefficient (Wildman–Crippen LogP) is 1.16. The topological polar surface area (TPSA) is 59.6 Å². The number of rotatable bonds is 5. The lowest BCUT2D eigenvalue weighted by molar-refractivity contribution is -0.123. The van der Waals surface area contributed by atoms with Crippen LogP contribution in [0.3, 0.4) is 0 Å². The van der Waals surface area contributed by atoms with Gasteiger partial charge in [-0.25, -0.2) is 4.39 Å².